The molecule has 4 rings (SSSR count). The first-order valence-corrected chi connectivity index (χ1v) is 9.11. The van der Waals surface area contributed by atoms with Gasteiger partial charge in [0.15, 0.2) is 6.61 Å². The number of carbonyl (C=O) groups is 1. The summed E-state index contributed by atoms with van der Waals surface area (Å²) in [7, 11) is 0. The standard InChI is InChI=1S/C23H18N2O4/c26-22(25-14-16-5-4-10-24-13-16)15-28-18-8-9-19-20(17-6-2-1-3-7-17)12-23(27)29-21(19)11-18/h1-13H,14-15H2,(H,25,26). The fourth-order valence-electron chi connectivity index (χ4n) is 2.99. The van der Waals surface area contributed by atoms with Gasteiger partial charge < -0.3 is 14.5 Å². The molecule has 0 saturated carbocycles. The Kier molecular flexibility index (Phi) is 5.33. The number of nitrogens with one attached hydrogen (secondary N) is 1. The smallest absolute Gasteiger partial charge is 0.336 e. The fourth-order valence-corrected chi connectivity index (χ4v) is 2.99. The molecule has 29 heavy (non-hydrogen) atoms. The van der Waals surface area contributed by atoms with Crippen LogP contribution in [0.4, 0.5) is 0 Å². The molecule has 6 nitrogen and oxygen atoms in total. The zero-order valence-corrected chi connectivity index (χ0v) is 15.5. The number of nitrogens with zero attached hydrogens (tertiary/aromatic N) is 1. The summed E-state index contributed by atoms with van der Waals surface area (Å²) in [6, 6.07) is 20.0. The van der Waals surface area contributed by atoms with Crippen LogP contribution in [0.25, 0.3) is 22.1 Å². The number of carbonyl (C=O) groups excluding carboxylic acids is 1. The third kappa shape index (κ3) is 4.50. The monoisotopic (exact) mass is 386 g/mol. The van der Waals surface area contributed by atoms with Gasteiger partial charge in [-0.2, -0.15) is 0 Å². The van der Waals surface area contributed by atoms with Crippen molar-refractivity contribution in [2.75, 3.05) is 6.61 Å². The van der Waals surface area contributed by atoms with Gasteiger partial charge in [-0.1, -0.05) is 36.4 Å². The van der Waals surface area contributed by atoms with E-state index in [1.54, 1.807) is 24.5 Å². The highest BCUT2D eigenvalue weighted by Gasteiger charge is 2.10. The van der Waals surface area contributed by atoms with E-state index in [1.807, 2.05) is 48.5 Å². The van der Waals surface area contributed by atoms with Crippen LogP contribution in [0.15, 0.2) is 88.3 Å². The van der Waals surface area contributed by atoms with Crippen LogP contribution < -0.4 is 15.7 Å². The highest BCUT2D eigenvalue weighted by Crippen LogP contribution is 2.29. The zero-order chi connectivity index (χ0) is 20.1. The van der Waals surface area contributed by atoms with Crippen LogP contribution >= 0.6 is 0 Å². The van der Waals surface area contributed by atoms with Crippen LogP contribution in [0.5, 0.6) is 5.75 Å². The third-order valence-electron chi connectivity index (χ3n) is 4.38. The van der Waals surface area contributed by atoms with Crippen molar-refractivity contribution in [2.45, 2.75) is 6.54 Å². The molecule has 6 heteroatoms. The van der Waals surface area contributed by atoms with E-state index in [0.29, 0.717) is 17.9 Å². The molecule has 0 fully saturated rings. The van der Waals surface area contributed by atoms with Gasteiger partial charge in [-0.25, -0.2) is 4.79 Å². The van der Waals surface area contributed by atoms with Crippen LogP contribution in [0.1, 0.15) is 5.56 Å². The van der Waals surface area contributed by atoms with Crippen LogP contribution in [0, 0.1) is 0 Å². The van der Waals surface area contributed by atoms with Crippen molar-refractivity contribution in [3.63, 3.8) is 0 Å². The molecule has 1 amide bonds. The van der Waals surface area contributed by atoms with Crippen LogP contribution in [-0.4, -0.2) is 17.5 Å². The lowest BCUT2D eigenvalue weighted by atomic mass is 10.0. The number of ether oxygens (including phenoxy) is 1. The summed E-state index contributed by atoms with van der Waals surface area (Å²) >= 11 is 0. The molecule has 2 aromatic heterocycles. The van der Waals surface area contributed by atoms with Crippen molar-refractivity contribution in [3.05, 3.63) is 95.1 Å². The molecule has 4 aromatic rings. The normalized spacial score (nSPS) is 10.6. The summed E-state index contributed by atoms with van der Waals surface area (Å²) in [5, 5.41) is 3.56. The molecule has 144 valence electrons. The second-order valence-corrected chi connectivity index (χ2v) is 6.43. The molecule has 0 atom stereocenters. The van der Waals surface area contributed by atoms with E-state index in [-0.39, 0.29) is 12.5 Å². The molecule has 0 saturated heterocycles. The Hall–Kier alpha value is -3.93. The highest BCUT2D eigenvalue weighted by atomic mass is 16.5. The summed E-state index contributed by atoms with van der Waals surface area (Å²) in [5.74, 6) is 0.191. The van der Waals surface area contributed by atoms with Crippen molar-refractivity contribution in [3.8, 4) is 16.9 Å². The first kappa shape index (κ1) is 18.4. The number of pyridine rings is 1. The molecular formula is C23H18N2O4. The third-order valence-corrected chi connectivity index (χ3v) is 4.38. The van der Waals surface area contributed by atoms with Crippen molar-refractivity contribution in [1.82, 2.24) is 10.3 Å². The van der Waals surface area contributed by atoms with Crippen molar-refractivity contribution in [2.24, 2.45) is 0 Å². The Morgan fingerprint density at radius 2 is 1.90 bits per heavy atom. The number of hydrogen-bond donors (Lipinski definition) is 1. The van der Waals surface area contributed by atoms with E-state index in [9.17, 15) is 9.59 Å². The number of amides is 1. The Balaban J connectivity index is 1.48. The molecule has 2 heterocycles. The summed E-state index contributed by atoms with van der Waals surface area (Å²) in [6.45, 7) is 0.234. The maximum atomic E-state index is 12.0. The predicted octanol–water partition coefficient (Wildman–Crippen LogP) is 3.55. The van der Waals surface area contributed by atoms with E-state index >= 15 is 0 Å². The molecule has 0 radical (unpaired) electrons. The van der Waals surface area contributed by atoms with Gasteiger partial charge in [0.2, 0.25) is 0 Å². The van der Waals surface area contributed by atoms with E-state index in [4.69, 9.17) is 9.15 Å². The minimum atomic E-state index is -0.442. The predicted molar refractivity (Wildman–Crippen MR) is 109 cm³/mol. The first-order chi connectivity index (χ1) is 14.2. The second-order valence-electron chi connectivity index (χ2n) is 6.43. The van der Waals surface area contributed by atoms with Crippen molar-refractivity contribution >= 4 is 16.9 Å². The number of benzene rings is 2. The molecule has 0 bridgehead atoms. The highest BCUT2D eigenvalue weighted by molar-refractivity contribution is 5.93. The second kappa shape index (κ2) is 8.39. The van der Waals surface area contributed by atoms with Gasteiger partial charge in [-0.15, -0.1) is 0 Å². The Morgan fingerprint density at radius 1 is 1.03 bits per heavy atom. The van der Waals surface area contributed by atoms with Gasteiger partial charge >= 0.3 is 5.63 Å². The van der Waals surface area contributed by atoms with Gasteiger partial charge in [0.05, 0.1) is 0 Å². The van der Waals surface area contributed by atoms with Gasteiger partial charge in [-0.05, 0) is 34.9 Å². The molecule has 2 aromatic carbocycles. The maximum Gasteiger partial charge on any atom is 0.336 e. The number of aromatic nitrogens is 1. The van der Waals surface area contributed by atoms with Gasteiger partial charge in [0.1, 0.15) is 11.3 Å². The molecule has 0 unspecified atom stereocenters. The van der Waals surface area contributed by atoms with Gasteiger partial charge in [0.25, 0.3) is 5.91 Å². The number of fused-ring (bicyclic) bond motifs is 1. The average Bonchev–Trinajstić information content (AvgIpc) is 2.76. The van der Waals surface area contributed by atoms with E-state index in [1.165, 1.54) is 6.07 Å². The first-order valence-electron chi connectivity index (χ1n) is 9.11. The van der Waals surface area contributed by atoms with Crippen molar-refractivity contribution in [1.29, 1.82) is 0 Å². The van der Waals surface area contributed by atoms with E-state index in [2.05, 4.69) is 10.3 Å². The quantitative estimate of drug-likeness (QED) is 0.513. The molecule has 0 spiro atoms. The molecular weight excluding hydrogens is 368 g/mol. The van der Waals surface area contributed by atoms with Gasteiger partial charge in [-0.3, -0.25) is 9.78 Å². The SMILES string of the molecule is O=C(COc1ccc2c(-c3ccccc3)cc(=O)oc2c1)NCc1cccnc1. The van der Waals surface area contributed by atoms with Crippen LogP contribution in [0.2, 0.25) is 0 Å². The Morgan fingerprint density at radius 3 is 2.69 bits per heavy atom. The van der Waals surface area contributed by atoms with Crippen LogP contribution in [0.3, 0.4) is 0 Å². The molecule has 0 aliphatic carbocycles. The Labute approximate surface area is 166 Å². The topological polar surface area (TPSA) is 81.4 Å². The number of hydrogen-bond acceptors (Lipinski definition) is 5. The number of rotatable bonds is 6. The lowest BCUT2D eigenvalue weighted by Gasteiger charge is -2.09. The summed E-state index contributed by atoms with van der Waals surface area (Å²) in [5.41, 5.74) is 2.58. The molecule has 0 aliphatic rings. The lowest BCUT2D eigenvalue weighted by molar-refractivity contribution is -0.123. The summed E-state index contributed by atoms with van der Waals surface area (Å²) < 4.78 is 10.9. The Bertz CT molecular complexity index is 1190. The minimum absolute atomic E-state index is 0.144. The minimum Gasteiger partial charge on any atom is -0.484 e. The average molecular weight is 386 g/mol. The van der Waals surface area contributed by atoms with Crippen LogP contribution in [-0.2, 0) is 11.3 Å². The molecule has 1 N–H and O–H groups in total. The fraction of sp³-hybridized carbons (Fsp3) is 0.0870. The summed E-state index contributed by atoms with van der Waals surface area (Å²) in [4.78, 5) is 28.0. The van der Waals surface area contributed by atoms with E-state index < -0.39 is 5.63 Å². The summed E-state index contributed by atoms with van der Waals surface area (Å²) in [6.07, 6.45) is 3.37. The maximum absolute atomic E-state index is 12.0. The lowest BCUT2D eigenvalue weighted by Crippen LogP contribution is -2.28. The van der Waals surface area contributed by atoms with E-state index in [0.717, 1.165) is 22.1 Å². The van der Waals surface area contributed by atoms with Crippen molar-refractivity contribution < 1.29 is 13.9 Å². The largest absolute Gasteiger partial charge is 0.484 e. The van der Waals surface area contributed by atoms with Gasteiger partial charge in [0, 0.05) is 36.5 Å². The molecule has 0 aliphatic heterocycles. The zero-order valence-electron chi connectivity index (χ0n) is 15.5.